The molecule has 20 heavy (non-hydrogen) atoms. The number of aromatic nitrogens is 1. The van der Waals surface area contributed by atoms with E-state index in [9.17, 15) is 9.59 Å². The topological polar surface area (TPSA) is 63.6 Å². The Balaban J connectivity index is 1.71. The van der Waals surface area contributed by atoms with Crippen LogP contribution in [0.25, 0.3) is 0 Å². The number of morpholine rings is 1. The summed E-state index contributed by atoms with van der Waals surface area (Å²) in [5.41, 5.74) is 0.241. The zero-order chi connectivity index (χ0) is 14.4. The largest absolute Gasteiger partial charge is 0.379 e. The lowest BCUT2D eigenvalue weighted by Gasteiger charge is -2.26. The molecule has 0 saturated carbocycles. The van der Waals surface area contributed by atoms with Gasteiger partial charge < -0.3 is 14.6 Å². The van der Waals surface area contributed by atoms with Crippen molar-refractivity contribution in [2.45, 2.75) is 6.42 Å². The lowest BCUT2D eigenvalue weighted by Crippen LogP contribution is -2.38. The number of nitrogens with one attached hydrogen (secondary N) is 1. The second kappa shape index (κ2) is 7.21. The molecule has 0 unspecified atom stereocenters. The van der Waals surface area contributed by atoms with E-state index < -0.39 is 0 Å². The molecule has 1 aromatic rings. The van der Waals surface area contributed by atoms with Gasteiger partial charge in [-0.2, -0.15) is 0 Å². The summed E-state index contributed by atoms with van der Waals surface area (Å²) in [6.45, 7) is 5.08. The third kappa shape index (κ3) is 4.18. The molecule has 1 amide bonds. The Labute approximate surface area is 118 Å². The summed E-state index contributed by atoms with van der Waals surface area (Å²) >= 11 is 0. The second-order valence-electron chi connectivity index (χ2n) is 4.93. The van der Waals surface area contributed by atoms with Crippen molar-refractivity contribution in [2.24, 2.45) is 7.05 Å². The van der Waals surface area contributed by atoms with Crippen LogP contribution in [0, 0.1) is 0 Å². The average molecular weight is 279 g/mol. The van der Waals surface area contributed by atoms with Gasteiger partial charge in [0, 0.05) is 44.5 Å². The summed E-state index contributed by atoms with van der Waals surface area (Å²) in [7, 11) is 1.66. The van der Waals surface area contributed by atoms with E-state index in [0.29, 0.717) is 12.1 Å². The van der Waals surface area contributed by atoms with Crippen molar-refractivity contribution in [3.05, 3.63) is 34.2 Å². The number of rotatable bonds is 5. The molecule has 0 bridgehead atoms. The maximum absolute atomic E-state index is 11.9. The summed E-state index contributed by atoms with van der Waals surface area (Å²) in [6.07, 6.45) is 2.50. The van der Waals surface area contributed by atoms with Crippen LogP contribution in [0.5, 0.6) is 0 Å². The summed E-state index contributed by atoms with van der Waals surface area (Å²) < 4.78 is 6.72. The van der Waals surface area contributed by atoms with Crippen LogP contribution in [0.2, 0.25) is 0 Å². The van der Waals surface area contributed by atoms with Gasteiger partial charge in [0.2, 0.25) is 0 Å². The van der Waals surface area contributed by atoms with Gasteiger partial charge in [0.05, 0.1) is 13.2 Å². The maximum atomic E-state index is 11.9. The number of amides is 1. The van der Waals surface area contributed by atoms with E-state index in [2.05, 4.69) is 10.2 Å². The number of ether oxygens (including phenoxy) is 1. The number of hydrogen-bond acceptors (Lipinski definition) is 4. The second-order valence-corrected chi connectivity index (χ2v) is 4.93. The molecule has 0 aromatic carbocycles. The van der Waals surface area contributed by atoms with Gasteiger partial charge in [-0.25, -0.2) is 0 Å². The fourth-order valence-corrected chi connectivity index (χ4v) is 2.12. The van der Waals surface area contributed by atoms with Crippen LogP contribution in [-0.4, -0.2) is 54.8 Å². The van der Waals surface area contributed by atoms with Crippen molar-refractivity contribution in [3.8, 4) is 0 Å². The molecule has 6 heteroatoms. The van der Waals surface area contributed by atoms with Crippen molar-refractivity contribution < 1.29 is 9.53 Å². The minimum atomic E-state index is -0.190. The van der Waals surface area contributed by atoms with E-state index in [-0.39, 0.29) is 11.5 Å². The van der Waals surface area contributed by atoms with Crippen molar-refractivity contribution in [1.29, 1.82) is 0 Å². The van der Waals surface area contributed by atoms with Gasteiger partial charge in [0.15, 0.2) is 0 Å². The van der Waals surface area contributed by atoms with Crippen LogP contribution < -0.4 is 10.9 Å². The molecule has 1 aromatic heterocycles. The number of hydrogen-bond donors (Lipinski definition) is 1. The Morgan fingerprint density at radius 2 is 2.15 bits per heavy atom. The standard InChI is InChI=1S/C14H21N3O3/c1-16-6-3-12(11-13(16)18)14(19)15-4-2-5-17-7-9-20-10-8-17/h3,6,11H,2,4-5,7-10H2,1H3,(H,15,19). The van der Waals surface area contributed by atoms with Crippen LogP contribution >= 0.6 is 0 Å². The van der Waals surface area contributed by atoms with Crippen LogP contribution in [0.3, 0.4) is 0 Å². The highest BCUT2D eigenvalue weighted by Gasteiger charge is 2.10. The quantitative estimate of drug-likeness (QED) is 0.761. The van der Waals surface area contributed by atoms with Gasteiger partial charge in [-0.1, -0.05) is 0 Å². The van der Waals surface area contributed by atoms with Gasteiger partial charge in [0.25, 0.3) is 11.5 Å². The highest BCUT2D eigenvalue weighted by Crippen LogP contribution is 1.98. The highest BCUT2D eigenvalue weighted by atomic mass is 16.5. The van der Waals surface area contributed by atoms with Crippen LogP contribution in [0.15, 0.2) is 23.1 Å². The number of carbonyl (C=O) groups is 1. The smallest absolute Gasteiger partial charge is 0.251 e. The van der Waals surface area contributed by atoms with E-state index in [0.717, 1.165) is 39.3 Å². The molecule has 1 fully saturated rings. The normalized spacial score (nSPS) is 16.1. The Hall–Kier alpha value is -1.66. The molecule has 0 aliphatic carbocycles. The molecular formula is C14H21N3O3. The first-order valence-corrected chi connectivity index (χ1v) is 6.92. The molecule has 1 aliphatic heterocycles. The summed E-state index contributed by atoms with van der Waals surface area (Å²) in [5.74, 6) is -0.190. The molecule has 0 atom stereocenters. The minimum Gasteiger partial charge on any atom is -0.379 e. The predicted octanol–water partition coefficient (Wildman–Crippen LogP) is -0.163. The predicted molar refractivity (Wildman–Crippen MR) is 75.9 cm³/mol. The van der Waals surface area contributed by atoms with E-state index in [1.807, 2.05) is 0 Å². The Kier molecular flexibility index (Phi) is 5.31. The zero-order valence-corrected chi connectivity index (χ0v) is 11.8. The van der Waals surface area contributed by atoms with E-state index in [1.165, 1.54) is 10.6 Å². The van der Waals surface area contributed by atoms with Crippen molar-refractivity contribution in [2.75, 3.05) is 39.4 Å². The minimum absolute atomic E-state index is 0.175. The third-order valence-corrected chi connectivity index (χ3v) is 3.41. The van der Waals surface area contributed by atoms with Crippen LogP contribution in [0.1, 0.15) is 16.8 Å². The van der Waals surface area contributed by atoms with E-state index in [4.69, 9.17) is 4.74 Å². The molecule has 6 nitrogen and oxygen atoms in total. The zero-order valence-electron chi connectivity index (χ0n) is 11.8. The highest BCUT2D eigenvalue weighted by molar-refractivity contribution is 5.93. The van der Waals surface area contributed by atoms with Crippen molar-refractivity contribution in [3.63, 3.8) is 0 Å². The number of pyridine rings is 1. The molecule has 110 valence electrons. The number of nitrogens with zero attached hydrogens (tertiary/aromatic N) is 2. The molecule has 1 aliphatic rings. The molecule has 1 saturated heterocycles. The van der Waals surface area contributed by atoms with Crippen LogP contribution in [-0.2, 0) is 11.8 Å². The SMILES string of the molecule is Cn1ccc(C(=O)NCCCN2CCOCC2)cc1=O. The van der Waals surface area contributed by atoms with Crippen molar-refractivity contribution >= 4 is 5.91 Å². The van der Waals surface area contributed by atoms with Gasteiger partial charge in [-0.3, -0.25) is 14.5 Å². The van der Waals surface area contributed by atoms with Gasteiger partial charge in [-0.15, -0.1) is 0 Å². The van der Waals surface area contributed by atoms with E-state index >= 15 is 0 Å². The maximum Gasteiger partial charge on any atom is 0.251 e. The molecule has 2 rings (SSSR count). The first kappa shape index (κ1) is 14.7. The first-order chi connectivity index (χ1) is 9.66. The van der Waals surface area contributed by atoms with Crippen molar-refractivity contribution in [1.82, 2.24) is 14.8 Å². The Bertz CT molecular complexity index is 507. The molecule has 1 N–H and O–H groups in total. The Morgan fingerprint density at radius 3 is 2.85 bits per heavy atom. The fourth-order valence-electron chi connectivity index (χ4n) is 2.12. The molecular weight excluding hydrogens is 258 g/mol. The molecule has 0 radical (unpaired) electrons. The lowest BCUT2D eigenvalue weighted by molar-refractivity contribution is 0.0374. The summed E-state index contributed by atoms with van der Waals surface area (Å²) in [6, 6.07) is 3.01. The van der Waals surface area contributed by atoms with Gasteiger partial charge >= 0.3 is 0 Å². The summed E-state index contributed by atoms with van der Waals surface area (Å²) in [4.78, 5) is 25.6. The summed E-state index contributed by atoms with van der Waals surface area (Å²) in [5, 5.41) is 2.84. The molecule has 0 spiro atoms. The monoisotopic (exact) mass is 279 g/mol. The van der Waals surface area contributed by atoms with E-state index in [1.54, 1.807) is 19.3 Å². The fraction of sp³-hybridized carbons (Fsp3) is 0.571. The molecule has 2 heterocycles. The van der Waals surface area contributed by atoms with Gasteiger partial charge in [-0.05, 0) is 19.0 Å². The number of aryl methyl sites for hydroxylation is 1. The Morgan fingerprint density at radius 1 is 1.40 bits per heavy atom. The lowest BCUT2D eigenvalue weighted by atomic mass is 10.2. The average Bonchev–Trinajstić information content (AvgIpc) is 2.47. The first-order valence-electron chi connectivity index (χ1n) is 6.92. The number of carbonyl (C=O) groups excluding carboxylic acids is 1. The third-order valence-electron chi connectivity index (χ3n) is 3.41. The van der Waals surface area contributed by atoms with Gasteiger partial charge in [0.1, 0.15) is 0 Å². The van der Waals surface area contributed by atoms with Crippen LogP contribution in [0.4, 0.5) is 0 Å².